The molecular weight excluding hydrogens is 393 g/mol. The Labute approximate surface area is 166 Å². The van der Waals surface area contributed by atoms with E-state index in [2.05, 4.69) is 15.7 Å². The lowest BCUT2D eigenvalue weighted by Gasteiger charge is -2.33. The first kappa shape index (κ1) is 20.5. The number of amides is 1. The number of hydrogen-bond acceptors (Lipinski definition) is 3. The normalized spacial score (nSPS) is 20.2. The Morgan fingerprint density at radius 1 is 1.39 bits per heavy atom. The van der Waals surface area contributed by atoms with Crippen molar-refractivity contribution in [2.24, 2.45) is 0 Å². The Bertz CT molecular complexity index is 863. The molecule has 3 rings (SSSR count). The summed E-state index contributed by atoms with van der Waals surface area (Å²) in [7, 11) is 0. The lowest BCUT2D eigenvalue weighted by atomic mass is 9.96. The number of anilines is 1. The summed E-state index contributed by atoms with van der Waals surface area (Å²) in [4.78, 5) is 12.4. The molecule has 1 aromatic carbocycles. The molecule has 0 aliphatic carbocycles. The third-order valence-corrected chi connectivity index (χ3v) is 5.34. The Hall–Kier alpha value is -2.22. The third-order valence-electron chi connectivity index (χ3n) is 4.98. The van der Waals surface area contributed by atoms with Crippen molar-refractivity contribution in [1.82, 2.24) is 15.1 Å². The molecule has 1 aromatic heterocycles. The van der Waals surface area contributed by atoms with Crippen LogP contribution in [0.2, 0.25) is 5.02 Å². The molecule has 0 spiro atoms. The molecule has 152 valence electrons. The van der Waals surface area contributed by atoms with Gasteiger partial charge in [0.05, 0.1) is 6.04 Å². The average Bonchev–Trinajstić information content (AvgIpc) is 2.97. The van der Waals surface area contributed by atoms with Crippen LogP contribution in [0.5, 0.6) is 0 Å². The van der Waals surface area contributed by atoms with Crippen molar-refractivity contribution in [3.63, 3.8) is 0 Å². The first-order valence-corrected chi connectivity index (χ1v) is 9.48. The highest BCUT2D eigenvalue weighted by atomic mass is 35.5. The molecule has 2 heterocycles. The molecule has 28 heavy (non-hydrogen) atoms. The quantitative estimate of drug-likeness (QED) is 0.737. The fraction of sp³-hybridized carbons (Fsp3) is 0.474. The van der Waals surface area contributed by atoms with Gasteiger partial charge in [-0.05, 0) is 25.8 Å². The summed E-state index contributed by atoms with van der Waals surface area (Å²) in [5.41, 5.74) is 1.52. The number of benzene rings is 1. The number of aromatic nitrogens is 2. The number of aryl methyl sites for hydroxylation is 1. The zero-order valence-electron chi connectivity index (χ0n) is 15.8. The van der Waals surface area contributed by atoms with Gasteiger partial charge in [0.1, 0.15) is 10.8 Å². The van der Waals surface area contributed by atoms with Gasteiger partial charge in [-0.25, -0.2) is 4.68 Å². The highest BCUT2D eigenvalue weighted by molar-refractivity contribution is 6.36. The van der Waals surface area contributed by atoms with E-state index in [-0.39, 0.29) is 29.0 Å². The molecule has 2 N–H and O–H groups in total. The van der Waals surface area contributed by atoms with E-state index in [0.29, 0.717) is 12.0 Å². The van der Waals surface area contributed by atoms with E-state index in [9.17, 15) is 18.0 Å². The van der Waals surface area contributed by atoms with E-state index in [1.807, 2.05) is 26.0 Å². The predicted molar refractivity (Wildman–Crippen MR) is 102 cm³/mol. The Kier molecular flexibility index (Phi) is 5.61. The fourth-order valence-corrected chi connectivity index (χ4v) is 3.41. The molecule has 1 aliphatic heterocycles. The summed E-state index contributed by atoms with van der Waals surface area (Å²) in [5.74, 6) is -0.578. The van der Waals surface area contributed by atoms with Gasteiger partial charge in [-0.2, -0.15) is 18.3 Å². The largest absolute Gasteiger partial charge is 0.410 e. The maximum absolute atomic E-state index is 13.7. The minimum atomic E-state index is -4.53. The number of hydrogen-bond donors (Lipinski definition) is 2. The van der Waals surface area contributed by atoms with Gasteiger partial charge in [0.25, 0.3) is 5.91 Å². The maximum Gasteiger partial charge on any atom is 0.410 e. The molecular formula is C19H22ClF3N4O. The van der Waals surface area contributed by atoms with Crippen LogP contribution in [0.3, 0.4) is 0 Å². The highest BCUT2D eigenvalue weighted by Gasteiger charge is 2.47. The van der Waals surface area contributed by atoms with E-state index in [1.165, 1.54) is 0 Å². The molecule has 0 fully saturated rings. The van der Waals surface area contributed by atoms with Crippen molar-refractivity contribution in [3.8, 4) is 0 Å². The van der Waals surface area contributed by atoms with Gasteiger partial charge in [-0.1, -0.05) is 48.4 Å². The highest BCUT2D eigenvalue weighted by Crippen LogP contribution is 2.46. The summed E-state index contributed by atoms with van der Waals surface area (Å²) in [5, 5.41) is 9.54. The molecule has 0 radical (unpaired) electrons. The molecule has 3 atom stereocenters. The first-order chi connectivity index (χ1) is 13.1. The van der Waals surface area contributed by atoms with Gasteiger partial charge in [0, 0.05) is 12.5 Å². The van der Waals surface area contributed by atoms with E-state index < -0.39 is 24.2 Å². The minimum absolute atomic E-state index is 0.00937. The van der Waals surface area contributed by atoms with Crippen molar-refractivity contribution in [3.05, 3.63) is 46.1 Å². The second-order valence-electron chi connectivity index (χ2n) is 7.14. The predicted octanol–water partition coefficient (Wildman–Crippen LogP) is 5.03. The summed E-state index contributed by atoms with van der Waals surface area (Å²) in [6.45, 7) is 5.59. The van der Waals surface area contributed by atoms with Crippen molar-refractivity contribution < 1.29 is 18.0 Å². The standard InChI is InChI=1S/C19H22ClF3N4O/c1-4-11(3)24-18(28)16-15(20)17-25-13(12-7-5-10(2)6-8-12)9-14(19(21,22)23)27(17)26-16/h5-8,11,13-14,25H,4,9H2,1-3H3,(H,24,28)/t11-,13+,14-/m0/s1. The number of rotatable bonds is 4. The van der Waals surface area contributed by atoms with Crippen LogP contribution in [0, 0.1) is 6.92 Å². The monoisotopic (exact) mass is 414 g/mol. The molecule has 1 amide bonds. The van der Waals surface area contributed by atoms with E-state index >= 15 is 0 Å². The number of nitrogens with zero attached hydrogens (tertiary/aromatic N) is 2. The van der Waals surface area contributed by atoms with Gasteiger partial charge in [-0.3, -0.25) is 4.79 Å². The number of alkyl halides is 3. The molecule has 0 saturated carbocycles. The molecule has 5 nitrogen and oxygen atoms in total. The van der Waals surface area contributed by atoms with Crippen LogP contribution in [0.15, 0.2) is 24.3 Å². The summed E-state index contributed by atoms with van der Waals surface area (Å²) in [6.07, 6.45) is -4.10. The van der Waals surface area contributed by atoms with E-state index in [0.717, 1.165) is 10.2 Å². The third kappa shape index (κ3) is 3.97. The van der Waals surface area contributed by atoms with Gasteiger partial charge in [-0.15, -0.1) is 0 Å². The number of nitrogens with one attached hydrogen (secondary N) is 2. The molecule has 2 aromatic rings. The van der Waals surface area contributed by atoms with Crippen LogP contribution in [-0.4, -0.2) is 27.9 Å². The van der Waals surface area contributed by atoms with Gasteiger partial charge >= 0.3 is 6.18 Å². The zero-order chi connectivity index (χ0) is 20.6. The van der Waals surface area contributed by atoms with E-state index in [1.54, 1.807) is 19.1 Å². The zero-order valence-corrected chi connectivity index (χ0v) is 16.5. The fourth-order valence-electron chi connectivity index (χ4n) is 3.15. The van der Waals surface area contributed by atoms with Crippen LogP contribution in [0.4, 0.5) is 19.0 Å². The topological polar surface area (TPSA) is 59.0 Å². The second kappa shape index (κ2) is 7.66. The Morgan fingerprint density at radius 3 is 2.61 bits per heavy atom. The van der Waals surface area contributed by atoms with Crippen molar-refractivity contribution in [1.29, 1.82) is 0 Å². The van der Waals surface area contributed by atoms with Crippen LogP contribution >= 0.6 is 11.6 Å². The van der Waals surface area contributed by atoms with Gasteiger partial charge in [0.15, 0.2) is 11.7 Å². The lowest BCUT2D eigenvalue weighted by molar-refractivity contribution is -0.173. The van der Waals surface area contributed by atoms with Crippen LogP contribution in [0.1, 0.15) is 60.4 Å². The summed E-state index contributed by atoms with van der Waals surface area (Å²) >= 11 is 6.28. The Morgan fingerprint density at radius 2 is 2.04 bits per heavy atom. The average molecular weight is 415 g/mol. The lowest BCUT2D eigenvalue weighted by Crippen LogP contribution is -2.36. The van der Waals surface area contributed by atoms with Gasteiger partial charge in [0.2, 0.25) is 0 Å². The number of halogens is 4. The summed E-state index contributed by atoms with van der Waals surface area (Å²) < 4.78 is 42.0. The van der Waals surface area contributed by atoms with Crippen LogP contribution in [-0.2, 0) is 0 Å². The second-order valence-corrected chi connectivity index (χ2v) is 7.52. The van der Waals surface area contributed by atoms with Gasteiger partial charge < -0.3 is 10.6 Å². The minimum Gasteiger partial charge on any atom is -0.362 e. The van der Waals surface area contributed by atoms with Crippen LogP contribution in [0.25, 0.3) is 0 Å². The first-order valence-electron chi connectivity index (χ1n) is 9.10. The van der Waals surface area contributed by atoms with Crippen molar-refractivity contribution >= 4 is 23.3 Å². The molecule has 0 bridgehead atoms. The Balaban J connectivity index is 2.00. The van der Waals surface area contributed by atoms with Crippen molar-refractivity contribution in [2.45, 2.75) is 57.9 Å². The molecule has 0 unspecified atom stereocenters. The SMILES string of the molecule is CC[C@H](C)NC(=O)c1nn2c(c1Cl)N[C@@H](c1ccc(C)cc1)C[C@H]2C(F)(F)F. The van der Waals surface area contributed by atoms with Crippen LogP contribution < -0.4 is 10.6 Å². The maximum atomic E-state index is 13.7. The smallest absolute Gasteiger partial charge is 0.362 e. The number of fused-ring (bicyclic) bond motifs is 1. The number of carbonyl (C=O) groups is 1. The van der Waals surface area contributed by atoms with Crippen molar-refractivity contribution in [2.75, 3.05) is 5.32 Å². The number of carbonyl (C=O) groups excluding carboxylic acids is 1. The molecule has 9 heteroatoms. The molecule has 1 aliphatic rings. The van der Waals surface area contributed by atoms with E-state index in [4.69, 9.17) is 11.6 Å². The summed E-state index contributed by atoms with van der Waals surface area (Å²) in [6, 6.07) is 4.65. The molecule has 0 saturated heterocycles.